The van der Waals surface area contributed by atoms with E-state index in [1.807, 2.05) is 42.5 Å². The summed E-state index contributed by atoms with van der Waals surface area (Å²) in [4.78, 5) is 27.9. The predicted octanol–water partition coefficient (Wildman–Crippen LogP) is 5.25. The number of nitrogens with zero attached hydrogens (tertiary/aromatic N) is 1. The fraction of sp³-hybridized carbons (Fsp3) is 0.208. The number of aliphatic carboxylic acids is 1. The smallest absolute Gasteiger partial charge is 0.307 e. The van der Waals surface area contributed by atoms with Crippen LogP contribution < -0.4 is 5.32 Å². The van der Waals surface area contributed by atoms with Gasteiger partial charge in [-0.15, -0.1) is 11.3 Å². The quantitative estimate of drug-likeness (QED) is 0.522. The molecule has 6 heteroatoms. The highest BCUT2D eigenvalue weighted by atomic mass is 32.1. The Morgan fingerprint density at radius 3 is 2.50 bits per heavy atom. The molecule has 0 spiro atoms. The van der Waals surface area contributed by atoms with Crippen molar-refractivity contribution < 1.29 is 14.7 Å². The Hall–Kier alpha value is -3.25. The molecule has 0 radical (unpaired) electrons. The third-order valence-corrected chi connectivity index (χ3v) is 5.26. The maximum atomic E-state index is 12.4. The fourth-order valence-corrected chi connectivity index (χ4v) is 3.82. The lowest BCUT2D eigenvalue weighted by Crippen LogP contribution is -2.14. The summed E-state index contributed by atoms with van der Waals surface area (Å²) in [6.45, 7) is 4.24. The van der Waals surface area contributed by atoms with Crippen LogP contribution in [0.15, 0.2) is 53.9 Å². The summed E-state index contributed by atoms with van der Waals surface area (Å²) in [5, 5.41) is 14.8. The molecular formula is C24H24N2O3S. The van der Waals surface area contributed by atoms with E-state index in [0.717, 1.165) is 21.8 Å². The van der Waals surface area contributed by atoms with Crippen molar-refractivity contribution in [2.24, 2.45) is 0 Å². The van der Waals surface area contributed by atoms with Gasteiger partial charge in [0.05, 0.1) is 18.5 Å². The van der Waals surface area contributed by atoms with Gasteiger partial charge in [0.15, 0.2) is 0 Å². The van der Waals surface area contributed by atoms with E-state index in [2.05, 4.69) is 29.5 Å². The Morgan fingerprint density at radius 1 is 1.07 bits per heavy atom. The van der Waals surface area contributed by atoms with Crippen LogP contribution >= 0.6 is 11.3 Å². The van der Waals surface area contributed by atoms with Gasteiger partial charge in [-0.1, -0.05) is 56.3 Å². The van der Waals surface area contributed by atoms with Crippen molar-refractivity contribution in [1.82, 2.24) is 4.98 Å². The van der Waals surface area contributed by atoms with E-state index in [1.165, 1.54) is 0 Å². The summed E-state index contributed by atoms with van der Waals surface area (Å²) >= 11 is 1.61. The third-order valence-electron chi connectivity index (χ3n) is 4.43. The molecule has 0 aliphatic heterocycles. The molecule has 0 bridgehead atoms. The Bertz CT molecular complexity index is 1070. The van der Waals surface area contributed by atoms with Gasteiger partial charge >= 0.3 is 5.97 Å². The van der Waals surface area contributed by atoms with Gasteiger partial charge < -0.3 is 10.4 Å². The number of carboxylic acid groups (broad SMARTS) is 1. The number of amides is 1. The SMILES string of the molecule is CC(C)c1csc(C=Cc2cccc(NC(=O)Cc3cccc(CC(=O)O)c3)c2)n1. The van der Waals surface area contributed by atoms with Crippen LogP contribution in [0.1, 0.15) is 47.2 Å². The van der Waals surface area contributed by atoms with Crippen molar-refractivity contribution in [3.05, 3.63) is 81.3 Å². The molecule has 3 aromatic rings. The Labute approximate surface area is 180 Å². The minimum absolute atomic E-state index is 0.0540. The molecule has 0 atom stereocenters. The van der Waals surface area contributed by atoms with Crippen molar-refractivity contribution >= 4 is 41.1 Å². The molecule has 0 aliphatic carbocycles. The van der Waals surface area contributed by atoms with E-state index in [-0.39, 0.29) is 18.7 Å². The van der Waals surface area contributed by atoms with Gasteiger partial charge in [0.1, 0.15) is 5.01 Å². The van der Waals surface area contributed by atoms with E-state index in [0.29, 0.717) is 17.2 Å². The second-order valence-electron chi connectivity index (χ2n) is 7.34. The molecule has 154 valence electrons. The van der Waals surface area contributed by atoms with Crippen LogP contribution in [0.5, 0.6) is 0 Å². The molecule has 0 unspecified atom stereocenters. The summed E-state index contributed by atoms with van der Waals surface area (Å²) in [7, 11) is 0. The molecule has 5 nitrogen and oxygen atoms in total. The first-order chi connectivity index (χ1) is 14.4. The molecule has 0 saturated carbocycles. The zero-order chi connectivity index (χ0) is 21.5. The molecule has 2 aromatic carbocycles. The highest BCUT2D eigenvalue weighted by Crippen LogP contribution is 2.20. The number of benzene rings is 2. The van der Waals surface area contributed by atoms with E-state index in [9.17, 15) is 9.59 Å². The van der Waals surface area contributed by atoms with E-state index < -0.39 is 5.97 Å². The second kappa shape index (κ2) is 9.98. The molecular weight excluding hydrogens is 396 g/mol. The molecule has 0 aliphatic rings. The number of carbonyl (C=O) groups is 2. The topological polar surface area (TPSA) is 79.3 Å². The van der Waals surface area contributed by atoms with Crippen LogP contribution in [0.3, 0.4) is 0 Å². The molecule has 1 heterocycles. The average Bonchev–Trinajstić information content (AvgIpc) is 3.16. The van der Waals surface area contributed by atoms with E-state index >= 15 is 0 Å². The van der Waals surface area contributed by atoms with E-state index in [4.69, 9.17) is 5.11 Å². The number of nitrogens with one attached hydrogen (secondary N) is 1. The molecule has 0 fully saturated rings. The zero-order valence-corrected chi connectivity index (χ0v) is 17.8. The van der Waals surface area contributed by atoms with Gasteiger partial charge in [0.2, 0.25) is 5.91 Å². The number of hydrogen-bond acceptors (Lipinski definition) is 4. The number of rotatable bonds is 8. The van der Waals surface area contributed by atoms with Gasteiger partial charge in [-0.3, -0.25) is 9.59 Å². The largest absolute Gasteiger partial charge is 0.481 e. The van der Waals surface area contributed by atoms with Crippen molar-refractivity contribution in [3.8, 4) is 0 Å². The van der Waals surface area contributed by atoms with Gasteiger partial charge in [0, 0.05) is 11.1 Å². The lowest BCUT2D eigenvalue weighted by molar-refractivity contribution is -0.136. The minimum Gasteiger partial charge on any atom is -0.481 e. The number of hydrogen-bond donors (Lipinski definition) is 2. The average molecular weight is 421 g/mol. The highest BCUT2D eigenvalue weighted by molar-refractivity contribution is 7.10. The van der Waals surface area contributed by atoms with Crippen molar-refractivity contribution in [2.75, 3.05) is 5.32 Å². The number of carbonyl (C=O) groups excluding carboxylic acids is 1. The monoisotopic (exact) mass is 420 g/mol. The van der Waals surface area contributed by atoms with Gasteiger partial charge in [-0.25, -0.2) is 4.98 Å². The molecule has 1 amide bonds. The van der Waals surface area contributed by atoms with Crippen LogP contribution in [0.2, 0.25) is 0 Å². The van der Waals surface area contributed by atoms with Crippen LogP contribution in [0.4, 0.5) is 5.69 Å². The summed E-state index contributed by atoms with van der Waals surface area (Å²) < 4.78 is 0. The van der Waals surface area contributed by atoms with Crippen LogP contribution in [0.25, 0.3) is 12.2 Å². The van der Waals surface area contributed by atoms with Gasteiger partial charge in [0.25, 0.3) is 0 Å². The molecule has 2 N–H and O–H groups in total. The minimum atomic E-state index is -0.889. The standard InChI is InChI=1S/C24H24N2O3S/c1-16(2)21-15-30-23(26-21)10-9-17-5-4-8-20(12-17)25-22(27)13-18-6-3-7-19(11-18)14-24(28)29/h3-12,15-16H,13-14H2,1-2H3,(H,25,27)(H,28,29). The van der Waals surface area contributed by atoms with Crippen LogP contribution in [-0.4, -0.2) is 22.0 Å². The Balaban J connectivity index is 1.62. The van der Waals surface area contributed by atoms with Gasteiger partial charge in [-0.05, 0) is 40.8 Å². The number of aromatic nitrogens is 1. The van der Waals surface area contributed by atoms with Crippen molar-refractivity contribution in [2.45, 2.75) is 32.6 Å². The Morgan fingerprint density at radius 2 is 1.80 bits per heavy atom. The van der Waals surface area contributed by atoms with Crippen LogP contribution in [0, 0.1) is 0 Å². The first-order valence-electron chi connectivity index (χ1n) is 9.72. The van der Waals surface area contributed by atoms with E-state index in [1.54, 1.807) is 29.5 Å². The molecule has 3 rings (SSSR count). The molecule has 30 heavy (non-hydrogen) atoms. The maximum Gasteiger partial charge on any atom is 0.307 e. The van der Waals surface area contributed by atoms with Gasteiger partial charge in [-0.2, -0.15) is 0 Å². The molecule has 1 aromatic heterocycles. The fourth-order valence-electron chi connectivity index (χ4n) is 2.94. The van der Waals surface area contributed by atoms with Crippen molar-refractivity contribution in [1.29, 1.82) is 0 Å². The maximum absolute atomic E-state index is 12.4. The lowest BCUT2D eigenvalue weighted by atomic mass is 10.1. The highest BCUT2D eigenvalue weighted by Gasteiger charge is 2.07. The lowest BCUT2D eigenvalue weighted by Gasteiger charge is -2.07. The molecule has 0 saturated heterocycles. The third kappa shape index (κ3) is 6.39. The predicted molar refractivity (Wildman–Crippen MR) is 122 cm³/mol. The Kier molecular flexibility index (Phi) is 7.14. The normalized spacial score (nSPS) is 11.2. The van der Waals surface area contributed by atoms with Crippen molar-refractivity contribution in [3.63, 3.8) is 0 Å². The summed E-state index contributed by atoms with van der Waals surface area (Å²) in [6.07, 6.45) is 4.09. The summed E-state index contributed by atoms with van der Waals surface area (Å²) in [5.74, 6) is -0.628. The first-order valence-corrected chi connectivity index (χ1v) is 10.6. The first kappa shape index (κ1) is 21.5. The summed E-state index contributed by atoms with van der Waals surface area (Å²) in [6, 6.07) is 14.7. The zero-order valence-electron chi connectivity index (χ0n) is 17.0. The van der Waals surface area contributed by atoms with Crippen LogP contribution in [-0.2, 0) is 22.4 Å². The number of anilines is 1. The second-order valence-corrected chi connectivity index (χ2v) is 8.23. The number of thiazole rings is 1. The summed E-state index contributed by atoms with van der Waals surface area (Å²) in [5.41, 5.74) is 4.24. The number of carboxylic acids is 1.